The van der Waals surface area contributed by atoms with E-state index in [1.54, 1.807) is 0 Å². The number of hydrogen-bond acceptors (Lipinski definition) is 1. The number of benzene rings is 9. The molecule has 1 heterocycles. The summed E-state index contributed by atoms with van der Waals surface area (Å²) in [5, 5.41) is 4.94. The summed E-state index contributed by atoms with van der Waals surface area (Å²) >= 11 is 0. The second-order valence-corrected chi connectivity index (χ2v) is 18.0. The van der Waals surface area contributed by atoms with Crippen LogP contribution in [0.1, 0.15) is 25.6 Å². The molecule has 0 aliphatic rings. The highest BCUT2D eigenvalue weighted by atomic mass is 32.3. The molecule has 0 atom stereocenters. The average Bonchev–Trinajstić information content (AvgIpc) is 3.67. The second kappa shape index (κ2) is 14.4. The quantitative estimate of drug-likeness (QED) is 0.141. The van der Waals surface area contributed by atoms with E-state index < -0.39 is 10.0 Å². The van der Waals surface area contributed by atoms with Crippen molar-refractivity contribution in [2.45, 2.75) is 39.3 Å². The van der Waals surface area contributed by atoms with Gasteiger partial charge in [0.25, 0.3) is 0 Å². The predicted molar refractivity (Wildman–Crippen MR) is 241 cm³/mol. The van der Waals surface area contributed by atoms with Crippen molar-refractivity contribution in [1.82, 2.24) is 9.55 Å². The molecule has 1 aromatic heterocycles. The van der Waals surface area contributed by atoms with Gasteiger partial charge in [0.05, 0.1) is 16.7 Å². The van der Waals surface area contributed by atoms with Crippen molar-refractivity contribution < 1.29 is 0 Å². The SMILES string of the molecule is CC(C)c1nc2ccccc2n1-c1ccccc1-c1c2ccccc2c(-c2ccc(S(c3ccccc3)(c3ccccc3)c3ccccc3)cc2)c2ccccc12. The van der Waals surface area contributed by atoms with Crippen LogP contribution in [0.15, 0.2) is 232 Å². The Bertz CT molecular complexity index is 2870. The molecule has 0 saturated carbocycles. The first-order valence-corrected chi connectivity index (χ1v) is 21.4. The minimum atomic E-state index is -1.80. The van der Waals surface area contributed by atoms with Crippen molar-refractivity contribution in [3.8, 4) is 27.9 Å². The van der Waals surface area contributed by atoms with Gasteiger partial charge >= 0.3 is 0 Å². The third-order valence-electron chi connectivity index (χ3n) is 11.2. The van der Waals surface area contributed by atoms with E-state index in [-0.39, 0.29) is 5.92 Å². The smallest absolute Gasteiger partial charge is 0.117 e. The topological polar surface area (TPSA) is 17.8 Å². The van der Waals surface area contributed by atoms with Crippen molar-refractivity contribution in [3.05, 3.63) is 218 Å². The van der Waals surface area contributed by atoms with E-state index in [0.717, 1.165) is 22.5 Å². The van der Waals surface area contributed by atoms with Crippen LogP contribution in [0.3, 0.4) is 0 Å². The molecule has 0 saturated heterocycles. The number of nitrogens with zero attached hydrogens (tertiary/aromatic N) is 2. The number of rotatable bonds is 8. The fraction of sp³-hybridized carbons (Fsp3) is 0.0556. The fourth-order valence-corrected chi connectivity index (χ4v) is 12.7. The summed E-state index contributed by atoms with van der Waals surface area (Å²) in [7, 11) is -1.80. The van der Waals surface area contributed by atoms with E-state index in [4.69, 9.17) is 4.98 Å². The number of aromatic nitrogens is 2. The highest BCUT2D eigenvalue weighted by Crippen LogP contribution is 2.73. The summed E-state index contributed by atoms with van der Waals surface area (Å²) in [6.07, 6.45) is 0. The van der Waals surface area contributed by atoms with Crippen LogP contribution in [-0.4, -0.2) is 9.55 Å². The van der Waals surface area contributed by atoms with Crippen molar-refractivity contribution in [1.29, 1.82) is 0 Å². The number of fused-ring (bicyclic) bond motifs is 3. The maximum Gasteiger partial charge on any atom is 0.117 e. The first-order chi connectivity index (χ1) is 28.1. The molecular formula is C54H42N2S. The Hall–Kier alpha value is -6.68. The second-order valence-electron chi connectivity index (χ2n) is 14.9. The molecule has 0 bridgehead atoms. The van der Waals surface area contributed by atoms with Gasteiger partial charge in [-0.25, -0.2) is 4.98 Å². The van der Waals surface area contributed by atoms with E-state index in [1.807, 2.05) is 0 Å². The molecule has 0 amide bonds. The van der Waals surface area contributed by atoms with Gasteiger partial charge in [-0.3, -0.25) is 4.57 Å². The van der Waals surface area contributed by atoms with Crippen LogP contribution in [0.5, 0.6) is 0 Å². The molecule has 10 rings (SSSR count). The zero-order chi connectivity index (χ0) is 38.3. The van der Waals surface area contributed by atoms with Gasteiger partial charge in [0, 0.05) is 31.1 Å². The van der Waals surface area contributed by atoms with E-state index in [0.29, 0.717) is 0 Å². The molecule has 10 aromatic rings. The zero-order valence-electron chi connectivity index (χ0n) is 32.1. The Balaban J connectivity index is 1.21. The van der Waals surface area contributed by atoms with Crippen LogP contribution in [0.4, 0.5) is 0 Å². The van der Waals surface area contributed by atoms with Crippen LogP contribution >= 0.6 is 10.0 Å². The summed E-state index contributed by atoms with van der Waals surface area (Å²) in [5.74, 6) is 1.31. The fourth-order valence-electron chi connectivity index (χ4n) is 8.81. The lowest BCUT2D eigenvalue weighted by Crippen LogP contribution is -2.05. The highest BCUT2D eigenvalue weighted by Gasteiger charge is 2.33. The van der Waals surface area contributed by atoms with Crippen molar-refractivity contribution >= 4 is 42.6 Å². The minimum Gasteiger partial charge on any atom is -0.295 e. The molecule has 0 radical (unpaired) electrons. The molecular weight excluding hydrogens is 709 g/mol. The lowest BCUT2D eigenvalue weighted by Gasteiger charge is -2.42. The Morgan fingerprint density at radius 2 is 0.825 bits per heavy atom. The summed E-state index contributed by atoms with van der Waals surface area (Å²) in [4.78, 5) is 10.4. The number of para-hydroxylation sites is 3. The van der Waals surface area contributed by atoms with Crippen LogP contribution in [0.25, 0.3) is 60.5 Å². The lowest BCUT2D eigenvalue weighted by atomic mass is 9.85. The summed E-state index contributed by atoms with van der Waals surface area (Å²) in [6.45, 7) is 4.46. The zero-order valence-corrected chi connectivity index (χ0v) is 32.9. The molecule has 0 fully saturated rings. The van der Waals surface area contributed by atoms with E-state index in [1.165, 1.54) is 63.4 Å². The molecule has 0 unspecified atom stereocenters. The lowest BCUT2D eigenvalue weighted by molar-refractivity contribution is 0.760. The van der Waals surface area contributed by atoms with E-state index in [9.17, 15) is 0 Å². The van der Waals surface area contributed by atoms with Crippen LogP contribution in [-0.2, 0) is 0 Å². The molecule has 0 spiro atoms. The van der Waals surface area contributed by atoms with Gasteiger partial charge < -0.3 is 0 Å². The van der Waals surface area contributed by atoms with Crippen LogP contribution in [0, 0.1) is 0 Å². The van der Waals surface area contributed by atoms with Gasteiger partial charge in [0.1, 0.15) is 5.82 Å². The van der Waals surface area contributed by atoms with E-state index in [2.05, 4.69) is 231 Å². The molecule has 0 aliphatic heterocycles. The molecule has 2 nitrogen and oxygen atoms in total. The summed E-state index contributed by atoms with van der Waals surface area (Å²) in [6, 6.07) is 78.0. The van der Waals surface area contributed by atoms with Crippen molar-refractivity contribution in [2.75, 3.05) is 0 Å². The van der Waals surface area contributed by atoms with Crippen molar-refractivity contribution in [2.24, 2.45) is 0 Å². The van der Waals surface area contributed by atoms with Crippen LogP contribution < -0.4 is 0 Å². The van der Waals surface area contributed by atoms with Crippen LogP contribution in [0.2, 0.25) is 0 Å². The third-order valence-corrected chi connectivity index (χ3v) is 15.2. The van der Waals surface area contributed by atoms with Gasteiger partial charge in [-0.05, 0) is 105 Å². The summed E-state index contributed by atoms with van der Waals surface area (Å²) < 4.78 is 2.38. The Morgan fingerprint density at radius 1 is 0.404 bits per heavy atom. The molecule has 0 N–H and O–H groups in total. The predicted octanol–water partition coefficient (Wildman–Crippen LogP) is 15.1. The molecule has 274 valence electrons. The Kier molecular flexibility index (Phi) is 8.81. The van der Waals surface area contributed by atoms with Gasteiger partial charge in [0.2, 0.25) is 0 Å². The minimum absolute atomic E-state index is 0.246. The average molecular weight is 751 g/mol. The van der Waals surface area contributed by atoms with E-state index >= 15 is 0 Å². The van der Waals surface area contributed by atoms with Gasteiger partial charge in [-0.2, -0.15) is 0 Å². The Morgan fingerprint density at radius 3 is 1.35 bits per heavy atom. The number of imidazole rings is 1. The summed E-state index contributed by atoms with van der Waals surface area (Å²) in [5.41, 5.74) is 8.18. The van der Waals surface area contributed by atoms with Gasteiger partial charge in [0.15, 0.2) is 0 Å². The molecule has 0 aliphatic carbocycles. The largest absolute Gasteiger partial charge is 0.295 e. The maximum absolute atomic E-state index is 5.15. The first-order valence-electron chi connectivity index (χ1n) is 19.7. The highest BCUT2D eigenvalue weighted by molar-refractivity contribution is 8.34. The van der Waals surface area contributed by atoms with Gasteiger partial charge in [-0.1, -0.05) is 159 Å². The standard InChI is InChI=1S/C54H42N2S/c1-38(2)54-55-49-31-17-19-33-51(49)56(54)50-32-18-16-30-48(50)53-46-28-14-12-26-44(46)52(45-27-13-15-29-47(45)53)39-34-36-43(37-35-39)57(40-20-6-3-7-21-40,41-22-8-4-9-23-41)42-24-10-5-11-25-42/h3-38H,1-2H3. The normalized spacial score (nSPS) is 12.1. The Labute approximate surface area is 336 Å². The third kappa shape index (κ3) is 5.69. The van der Waals surface area contributed by atoms with Crippen molar-refractivity contribution in [3.63, 3.8) is 0 Å². The maximum atomic E-state index is 5.15. The monoisotopic (exact) mass is 750 g/mol. The molecule has 57 heavy (non-hydrogen) atoms. The molecule has 9 aromatic carbocycles. The number of hydrogen-bond donors (Lipinski definition) is 0. The molecule has 3 heteroatoms. The first kappa shape index (κ1) is 34.8. The van der Waals surface area contributed by atoms with Gasteiger partial charge in [-0.15, -0.1) is 10.0 Å².